The van der Waals surface area contributed by atoms with Crippen LogP contribution in [0.15, 0.2) is 40.8 Å². The molecule has 0 bridgehead atoms. The lowest BCUT2D eigenvalue weighted by Gasteiger charge is -2.21. The topological polar surface area (TPSA) is 0 Å². The van der Waals surface area contributed by atoms with E-state index in [1.54, 1.807) is 0 Å². The van der Waals surface area contributed by atoms with Crippen LogP contribution in [0.1, 0.15) is 43.4 Å². The molecule has 0 heterocycles. The van der Waals surface area contributed by atoms with E-state index >= 15 is 0 Å². The average molecular weight is 260 g/mol. The molecule has 0 aliphatic carbocycles. The van der Waals surface area contributed by atoms with Gasteiger partial charge in [0.15, 0.2) is 0 Å². The van der Waals surface area contributed by atoms with Gasteiger partial charge in [-0.15, -0.1) is 11.8 Å². The van der Waals surface area contributed by atoms with E-state index in [0.717, 1.165) is 0 Å². The minimum absolute atomic E-state index is 0.413. The summed E-state index contributed by atoms with van der Waals surface area (Å²) in [7, 11) is 0. The highest BCUT2D eigenvalue weighted by molar-refractivity contribution is 8.02. The first-order valence-corrected chi connectivity index (χ1v) is 7.58. The SMILES string of the molecule is C=C(C)/C(=C(\C)SC)C(C)c1ccc(C)cc1C. The third kappa shape index (κ3) is 3.29. The molecule has 0 N–H and O–H groups in total. The van der Waals surface area contributed by atoms with Crippen molar-refractivity contribution < 1.29 is 0 Å². The van der Waals surface area contributed by atoms with Crippen molar-refractivity contribution >= 4 is 11.8 Å². The molecule has 1 aromatic carbocycles. The Morgan fingerprint density at radius 2 is 1.83 bits per heavy atom. The molecular weight excluding hydrogens is 236 g/mol. The van der Waals surface area contributed by atoms with E-state index in [-0.39, 0.29) is 0 Å². The summed E-state index contributed by atoms with van der Waals surface area (Å²) in [4.78, 5) is 1.37. The molecule has 0 aliphatic heterocycles. The first-order chi connectivity index (χ1) is 8.38. The fourth-order valence-corrected chi connectivity index (χ4v) is 3.12. The molecule has 0 saturated carbocycles. The maximum absolute atomic E-state index is 4.15. The van der Waals surface area contributed by atoms with Crippen LogP contribution in [-0.4, -0.2) is 6.26 Å². The fourth-order valence-electron chi connectivity index (χ4n) is 2.55. The van der Waals surface area contributed by atoms with Gasteiger partial charge in [0.25, 0.3) is 0 Å². The Morgan fingerprint density at radius 3 is 2.28 bits per heavy atom. The first-order valence-electron chi connectivity index (χ1n) is 6.36. The van der Waals surface area contributed by atoms with E-state index in [2.05, 4.69) is 65.7 Å². The Morgan fingerprint density at radius 1 is 1.22 bits per heavy atom. The van der Waals surface area contributed by atoms with E-state index in [0.29, 0.717) is 5.92 Å². The summed E-state index contributed by atoms with van der Waals surface area (Å²) in [5, 5.41) is 0. The lowest BCUT2D eigenvalue weighted by atomic mass is 9.86. The smallest absolute Gasteiger partial charge is 0.00737 e. The number of thioether (sulfide) groups is 1. The maximum Gasteiger partial charge on any atom is 0.00737 e. The van der Waals surface area contributed by atoms with Crippen LogP contribution < -0.4 is 0 Å². The van der Waals surface area contributed by atoms with Gasteiger partial charge in [-0.3, -0.25) is 0 Å². The van der Waals surface area contributed by atoms with Gasteiger partial charge >= 0.3 is 0 Å². The van der Waals surface area contributed by atoms with E-state index in [9.17, 15) is 0 Å². The number of aryl methyl sites for hydroxylation is 2. The summed E-state index contributed by atoms with van der Waals surface area (Å²) >= 11 is 1.81. The van der Waals surface area contributed by atoms with Crippen molar-refractivity contribution in [3.8, 4) is 0 Å². The molecule has 1 rings (SSSR count). The summed E-state index contributed by atoms with van der Waals surface area (Å²) in [6.07, 6.45) is 2.13. The normalized spacial score (nSPS) is 14.1. The Labute approximate surface area is 116 Å². The zero-order chi connectivity index (χ0) is 13.9. The average Bonchev–Trinajstić information content (AvgIpc) is 2.28. The highest BCUT2D eigenvalue weighted by Gasteiger charge is 2.16. The number of hydrogen-bond acceptors (Lipinski definition) is 1. The van der Waals surface area contributed by atoms with Crippen molar-refractivity contribution in [1.29, 1.82) is 0 Å². The first kappa shape index (κ1) is 15.1. The molecule has 98 valence electrons. The van der Waals surface area contributed by atoms with Gasteiger partial charge in [0, 0.05) is 5.92 Å². The van der Waals surface area contributed by atoms with E-state index in [1.165, 1.54) is 32.7 Å². The van der Waals surface area contributed by atoms with Crippen LogP contribution in [0.4, 0.5) is 0 Å². The van der Waals surface area contributed by atoms with Crippen molar-refractivity contribution in [1.82, 2.24) is 0 Å². The molecule has 0 saturated heterocycles. The number of allylic oxidation sites excluding steroid dienone is 3. The molecular formula is C17H24S. The Kier molecular flexibility index (Phi) is 5.28. The van der Waals surface area contributed by atoms with Crippen LogP contribution >= 0.6 is 11.8 Å². The van der Waals surface area contributed by atoms with E-state index in [4.69, 9.17) is 0 Å². The van der Waals surface area contributed by atoms with Crippen LogP contribution in [0.3, 0.4) is 0 Å². The van der Waals surface area contributed by atoms with Crippen molar-refractivity contribution in [2.24, 2.45) is 0 Å². The van der Waals surface area contributed by atoms with Gasteiger partial charge in [-0.05, 0) is 55.6 Å². The second-order valence-corrected chi connectivity index (χ2v) is 6.06. The molecule has 0 amide bonds. The Bertz CT molecular complexity index is 480. The standard InChI is InChI=1S/C17H24S/c1-11(2)17(15(6)18-7)14(5)16-9-8-12(3)10-13(16)4/h8-10,14H,1H2,2-7H3/b17-15-. The molecule has 18 heavy (non-hydrogen) atoms. The summed E-state index contributed by atoms with van der Waals surface area (Å²) < 4.78 is 0. The molecule has 0 aromatic heterocycles. The number of benzene rings is 1. The van der Waals surface area contributed by atoms with Crippen LogP contribution in [0.25, 0.3) is 0 Å². The lowest BCUT2D eigenvalue weighted by Crippen LogP contribution is -2.03. The second kappa shape index (κ2) is 6.29. The van der Waals surface area contributed by atoms with Crippen LogP contribution in [0, 0.1) is 13.8 Å². The summed E-state index contributed by atoms with van der Waals surface area (Å²) in [6.45, 7) is 15.1. The Balaban J connectivity index is 3.27. The van der Waals surface area contributed by atoms with Crippen molar-refractivity contribution in [3.05, 3.63) is 57.5 Å². The minimum atomic E-state index is 0.413. The van der Waals surface area contributed by atoms with E-state index in [1.807, 2.05) is 11.8 Å². The van der Waals surface area contributed by atoms with Crippen LogP contribution in [-0.2, 0) is 0 Å². The van der Waals surface area contributed by atoms with Gasteiger partial charge in [-0.25, -0.2) is 0 Å². The molecule has 0 spiro atoms. The third-order valence-electron chi connectivity index (χ3n) is 3.47. The van der Waals surface area contributed by atoms with Gasteiger partial charge in [0.2, 0.25) is 0 Å². The van der Waals surface area contributed by atoms with Crippen LogP contribution in [0.5, 0.6) is 0 Å². The molecule has 0 aliphatic rings. The monoisotopic (exact) mass is 260 g/mol. The van der Waals surface area contributed by atoms with Gasteiger partial charge in [-0.1, -0.05) is 42.8 Å². The fraction of sp³-hybridized carbons (Fsp3) is 0.412. The quantitative estimate of drug-likeness (QED) is 0.633. The van der Waals surface area contributed by atoms with Crippen molar-refractivity contribution in [2.45, 2.75) is 40.5 Å². The number of hydrogen-bond donors (Lipinski definition) is 0. The zero-order valence-electron chi connectivity index (χ0n) is 12.4. The predicted octanol–water partition coefficient (Wildman–Crippen LogP) is 5.62. The van der Waals surface area contributed by atoms with Crippen molar-refractivity contribution in [3.63, 3.8) is 0 Å². The highest BCUT2D eigenvalue weighted by atomic mass is 32.2. The summed E-state index contributed by atoms with van der Waals surface area (Å²) in [6, 6.07) is 6.71. The predicted molar refractivity (Wildman–Crippen MR) is 85.4 cm³/mol. The summed E-state index contributed by atoms with van der Waals surface area (Å²) in [5.74, 6) is 0.413. The third-order valence-corrected chi connectivity index (χ3v) is 4.30. The molecule has 1 aromatic rings. The molecule has 0 nitrogen and oxygen atoms in total. The molecule has 1 unspecified atom stereocenters. The minimum Gasteiger partial charge on any atom is -0.134 e. The second-order valence-electron chi connectivity index (χ2n) is 5.04. The van der Waals surface area contributed by atoms with E-state index < -0.39 is 0 Å². The molecule has 1 atom stereocenters. The summed E-state index contributed by atoms with van der Waals surface area (Å²) in [5.41, 5.74) is 6.66. The lowest BCUT2D eigenvalue weighted by molar-refractivity contribution is 0.885. The van der Waals surface area contributed by atoms with Crippen molar-refractivity contribution in [2.75, 3.05) is 6.26 Å². The molecule has 0 radical (unpaired) electrons. The number of rotatable bonds is 4. The van der Waals surface area contributed by atoms with Gasteiger partial charge < -0.3 is 0 Å². The molecule has 0 fully saturated rings. The zero-order valence-corrected chi connectivity index (χ0v) is 13.2. The van der Waals surface area contributed by atoms with Gasteiger partial charge in [0.05, 0.1) is 0 Å². The largest absolute Gasteiger partial charge is 0.134 e. The van der Waals surface area contributed by atoms with Gasteiger partial charge in [-0.2, -0.15) is 0 Å². The highest BCUT2D eigenvalue weighted by Crippen LogP contribution is 2.35. The maximum atomic E-state index is 4.15. The van der Waals surface area contributed by atoms with Gasteiger partial charge in [0.1, 0.15) is 0 Å². The Hall–Kier alpha value is -0.950. The molecule has 1 heteroatoms. The van der Waals surface area contributed by atoms with Crippen LogP contribution in [0.2, 0.25) is 0 Å².